The number of aromatic nitrogens is 1. The van der Waals surface area contributed by atoms with Gasteiger partial charge in [-0.25, -0.2) is 9.37 Å². The van der Waals surface area contributed by atoms with Gasteiger partial charge in [0.05, 0.1) is 18.2 Å². The van der Waals surface area contributed by atoms with Crippen LogP contribution in [0.15, 0.2) is 18.3 Å². The fourth-order valence-electron chi connectivity index (χ4n) is 2.26. The fourth-order valence-corrected chi connectivity index (χ4v) is 2.26. The molecule has 0 saturated carbocycles. The number of piperidine rings is 1. The number of carbonyl (C=O) groups is 1. The number of hydrogen-bond donors (Lipinski definition) is 1. The van der Waals surface area contributed by atoms with Gasteiger partial charge in [-0.05, 0) is 12.1 Å². The summed E-state index contributed by atoms with van der Waals surface area (Å²) in [5, 5.41) is 11.4. The molecule has 20 heavy (non-hydrogen) atoms. The lowest BCUT2D eigenvalue weighted by molar-refractivity contribution is -0.119. The topological polar surface area (TPSA) is 69.0 Å². The van der Waals surface area contributed by atoms with Crippen LogP contribution in [0.1, 0.15) is 25.3 Å². The molecular weight excluding hydrogens is 259 g/mol. The smallest absolute Gasteiger partial charge is 0.216 e. The zero-order valence-corrected chi connectivity index (χ0v) is 11.4. The number of halogens is 1. The second-order valence-electron chi connectivity index (χ2n) is 5.06. The van der Waals surface area contributed by atoms with Crippen molar-refractivity contribution in [3.8, 4) is 6.07 Å². The molecule has 2 heterocycles. The van der Waals surface area contributed by atoms with Crippen LogP contribution in [0.25, 0.3) is 0 Å². The van der Waals surface area contributed by atoms with E-state index in [2.05, 4.69) is 16.4 Å². The SMILES string of the molecule is CC(=O)NCC1(F)CCN(c2cc(C#N)ccn2)CC1. The van der Waals surface area contributed by atoms with Crippen LogP contribution >= 0.6 is 0 Å². The zero-order valence-electron chi connectivity index (χ0n) is 11.4. The summed E-state index contributed by atoms with van der Waals surface area (Å²) in [5.74, 6) is 0.485. The molecule has 2 rings (SSSR count). The molecule has 1 aromatic heterocycles. The highest BCUT2D eigenvalue weighted by Crippen LogP contribution is 2.28. The Morgan fingerprint density at radius 3 is 2.90 bits per heavy atom. The van der Waals surface area contributed by atoms with Crippen molar-refractivity contribution in [2.45, 2.75) is 25.4 Å². The van der Waals surface area contributed by atoms with Gasteiger partial charge >= 0.3 is 0 Å². The Bertz CT molecular complexity index is 532. The summed E-state index contributed by atoms with van der Waals surface area (Å²) < 4.78 is 14.5. The van der Waals surface area contributed by atoms with Gasteiger partial charge in [-0.15, -0.1) is 0 Å². The number of pyridine rings is 1. The standard InChI is InChI=1S/C14H17FN4O/c1-11(20)18-10-14(15)3-6-19(7-4-14)13-8-12(9-16)2-5-17-13/h2,5,8H,3-4,6-7,10H2,1H3,(H,18,20). The van der Waals surface area contributed by atoms with Crippen LogP contribution in [0.2, 0.25) is 0 Å². The molecule has 0 spiro atoms. The Hall–Kier alpha value is -2.16. The molecule has 6 heteroatoms. The first-order chi connectivity index (χ1) is 9.52. The number of alkyl halides is 1. The summed E-state index contributed by atoms with van der Waals surface area (Å²) in [6, 6.07) is 5.42. The number of hydrogen-bond acceptors (Lipinski definition) is 4. The second kappa shape index (κ2) is 5.87. The van der Waals surface area contributed by atoms with Crippen molar-refractivity contribution in [3.63, 3.8) is 0 Å². The average molecular weight is 276 g/mol. The zero-order chi connectivity index (χ0) is 14.6. The highest BCUT2D eigenvalue weighted by atomic mass is 19.1. The minimum atomic E-state index is -1.35. The van der Waals surface area contributed by atoms with Crippen LogP contribution < -0.4 is 10.2 Å². The van der Waals surface area contributed by atoms with Crippen molar-refractivity contribution < 1.29 is 9.18 Å². The van der Waals surface area contributed by atoms with Crippen LogP contribution in [-0.4, -0.2) is 36.2 Å². The van der Waals surface area contributed by atoms with E-state index in [1.807, 2.05) is 4.90 Å². The Balaban J connectivity index is 1.96. The van der Waals surface area contributed by atoms with E-state index >= 15 is 0 Å². The summed E-state index contributed by atoms with van der Waals surface area (Å²) >= 11 is 0. The lowest BCUT2D eigenvalue weighted by Gasteiger charge is -2.37. The predicted octanol–water partition coefficient (Wildman–Crippen LogP) is 1.40. The van der Waals surface area contributed by atoms with E-state index in [1.54, 1.807) is 18.3 Å². The van der Waals surface area contributed by atoms with Gasteiger partial charge in [0.2, 0.25) is 5.91 Å². The van der Waals surface area contributed by atoms with Gasteiger partial charge in [0.1, 0.15) is 11.5 Å². The molecule has 0 bridgehead atoms. The van der Waals surface area contributed by atoms with Crippen molar-refractivity contribution in [1.82, 2.24) is 10.3 Å². The normalized spacial score (nSPS) is 17.4. The monoisotopic (exact) mass is 276 g/mol. The van der Waals surface area contributed by atoms with Crippen LogP contribution in [-0.2, 0) is 4.79 Å². The molecule has 1 amide bonds. The predicted molar refractivity (Wildman–Crippen MR) is 72.9 cm³/mol. The van der Waals surface area contributed by atoms with E-state index in [0.717, 1.165) is 0 Å². The second-order valence-corrected chi connectivity index (χ2v) is 5.06. The molecule has 1 aliphatic rings. The van der Waals surface area contributed by atoms with Crippen molar-refractivity contribution in [2.75, 3.05) is 24.5 Å². The molecule has 106 valence electrons. The minimum absolute atomic E-state index is 0.0574. The largest absolute Gasteiger partial charge is 0.356 e. The minimum Gasteiger partial charge on any atom is -0.356 e. The van der Waals surface area contributed by atoms with Crippen LogP contribution in [0.4, 0.5) is 10.2 Å². The van der Waals surface area contributed by atoms with E-state index in [-0.39, 0.29) is 12.5 Å². The quantitative estimate of drug-likeness (QED) is 0.906. The van der Waals surface area contributed by atoms with Crippen LogP contribution in [0.3, 0.4) is 0 Å². The molecular formula is C14H17FN4O. The maximum Gasteiger partial charge on any atom is 0.216 e. The van der Waals surface area contributed by atoms with Crippen LogP contribution in [0.5, 0.6) is 0 Å². The highest BCUT2D eigenvalue weighted by Gasteiger charge is 2.35. The van der Waals surface area contributed by atoms with E-state index in [9.17, 15) is 9.18 Å². The Kier molecular flexibility index (Phi) is 4.18. The van der Waals surface area contributed by atoms with Gasteiger partial charge in [-0.2, -0.15) is 5.26 Å². The fraction of sp³-hybridized carbons (Fsp3) is 0.500. The maximum absolute atomic E-state index is 14.5. The molecule has 0 radical (unpaired) electrons. The molecule has 0 aliphatic carbocycles. The summed E-state index contributed by atoms with van der Waals surface area (Å²) in [6.45, 7) is 2.49. The van der Waals surface area contributed by atoms with E-state index in [4.69, 9.17) is 5.26 Å². The van der Waals surface area contributed by atoms with E-state index in [0.29, 0.717) is 37.3 Å². The molecule has 1 fully saturated rings. The van der Waals surface area contributed by atoms with Gasteiger partial charge in [-0.1, -0.05) is 0 Å². The van der Waals surface area contributed by atoms with Gasteiger partial charge in [-0.3, -0.25) is 4.79 Å². The van der Waals surface area contributed by atoms with Gasteiger partial charge in [0.15, 0.2) is 0 Å². The van der Waals surface area contributed by atoms with Crippen molar-refractivity contribution in [2.24, 2.45) is 0 Å². The summed E-state index contributed by atoms with van der Waals surface area (Å²) in [4.78, 5) is 17.0. The lowest BCUT2D eigenvalue weighted by atomic mass is 9.93. The average Bonchev–Trinajstić information content (AvgIpc) is 2.46. The number of amides is 1. The van der Waals surface area contributed by atoms with E-state index < -0.39 is 5.67 Å². The Morgan fingerprint density at radius 1 is 1.60 bits per heavy atom. The number of nitrogens with one attached hydrogen (secondary N) is 1. The van der Waals surface area contributed by atoms with Gasteiger partial charge in [0, 0.05) is 39.1 Å². The maximum atomic E-state index is 14.5. The van der Waals surface area contributed by atoms with Crippen molar-refractivity contribution in [3.05, 3.63) is 23.9 Å². The first-order valence-corrected chi connectivity index (χ1v) is 6.57. The number of rotatable bonds is 3. The van der Waals surface area contributed by atoms with Crippen molar-refractivity contribution in [1.29, 1.82) is 5.26 Å². The molecule has 5 nitrogen and oxygen atoms in total. The third-order valence-corrected chi connectivity index (χ3v) is 3.51. The molecule has 0 unspecified atom stereocenters. The van der Waals surface area contributed by atoms with E-state index in [1.165, 1.54) is 6.92 Å². The highest BCUT2D eigenvalue weighted by molar-refractivity contribution is 5.72. The molecule has 0 atom stereocenters. The molecule has 1 N–H and O–H groups in total. The van der Waals surface area contributed by atoms with Gasteiger partial charge < -0.3 is 10.2 Å². The number of carbonyl (C=O) groups excluding carboxylic acids is 1. The number of nitriles is 1. The van der Waals surface area contributed by atoms with Gasteiger partial charge in [0.25, 0.3) is 0 Å². The van der Waals surface area contributed by atoms with Crippen molar-refractivity contribution >= 4 is 11.7 Å². The Morgan fingerprint density at radius 2 is 2.30 bits per heavy atom. The first kappa shape index (κ1) is 14.3. The molecule has 0 aromatic carbocycles. The molecule has 1 aromatic rings. The number of nitrogens with zero attached hydrogens (tertiary/aromatic N) is 3. The molecule has 1 aliphatic heterocycles. The van der Waals surface area contributed by atoms with Crippen LogP contribution in [0, 0.1) is 11.3 Å². The molecule has 1 saturated heterocycles. The Labute approximate surface area is 117 Å². The summed E-state index contributed by atoms with van der Waals surface area (Å²) in [7, 11) is 0. The third-order valence-electron chi connectivity index (χ3n) is 3.51. The lowest BCUT2D eigenvalue weighted by Crippen LogP contribution is -2.48. The summed E-state index contributed by atoms with van der Waals surface area (Å²) in [6.07, 6.45) is 2.26. The first-order valence-electron chi connectivity index (χ1n) is 6.57. The third kappa shape index (κ3) is 3.44. The number of anilines is 1. The summed E-state index contributed by atoms with van der Waals surface area (Å²) in [5.41, 5.74) is -0.806.